The average Bonchev–Trinajstić information content (AvgIpc) is 2.34. The van der Waals surface area contributed by atoms with Crippen LogP contribution in [0, 0.1) is 5.82 Å². The van der Waals surface area contributed by atoms with Crippen LogP contribution in [0.1, 0.15) is 38.3 Å². The number of nitrogens with two attached hydrogens (primary N) is 1. The molecule has 0 heterocycles. The standard InChI is InChI=1S/C14H23FN2O/c1-3-4-7-17(8-9-18)14-6-5-12(11(2)16)10-13(14)15/h5-6,10-11,18H,3-4,7-9,16H2,1-2H3. The molecule has 3 nitrogen and oxygen atoms in total. The highest BCUT2D eigenvalue weighted by molar-refractivity contribution is 5.49. The Bertz CT molecular complexity index is 369. The summed E-state index contributed by atoms with van der Waals surface area (Å²) in [6.07, 6.45) is 2.02. The third-order valence-corrected chi connectivity index (χ3v) is 2.99. The molecule has 0 amide bonds. The van der Waals surface area contributed by atoms with E-state index in [0.717, 1.165) is 24.9 Å². The van der Waals surface area contributed by atoms with Crippen LogP contribution < -0.4 is 10.6 Å². The van der Waals surface area contributed by atoms with Gasteiger partial charge in [-0.05, 0) is 31.0 Å². The third-order valence-electron chi connectivity index (χ3n) is 2.99. The number of unbranched alkanes of at least 4 members (excludes halogenated alkanes) is 1. The lowest BCUT2D eigenvalue weighted by Crippen LogP contribution is -2.28. The predicted octanol–water partition coefficient (Wildman–Crippen LogP) is 2.44. The quantitative estimate of drug-likeness (QED) is 0.785. The molecule has 0 fully saturated rings. The Morgan fingerprint density at radius 1 is 1.39 bits per heavy atom. The Morgan fingerprint density at radius 3 is 2.61 bits per heavy atom. The number of halogens is 1. The van der Waals surface area contributed by atoms with Crippen LogP contribution in [0.15, 0.2) is 18.2 Å². The molecule has 0 aliphatic rings. The van der Waals surface area contributed by atoms with Crippen LogP contribution >= 0.6 is 0 Å². The van der Waals surface area contributed by atoms with Gasteiger partial charge in [-0.15, -0.1) is 0 Å². The lowest BCUT2D eigenvalue weighted by atomic mass is 10.1. The van der Waals surface area contributed by atoms with Crippen molar-refractivity contribution < 1.29 is 9.50 Å². The molecule has 0 bridgehead atoms. The normalized spacial score (nSPS) is 12.5. The zero-order valence-corrected chi connectivity index (χ0v) is 11.2. The first-order chi connectivity index (χ1) is 8.60. The van der Waals surface area contributed by atoms with Gasteiger partial charge in [-0.2, -0.15) is 0 Å². The molecule has 102 valence electrons. The number of hydrogen-bond acceptors (Lipinski definition) is 3. The van der Waals surface area contributed by atoms with Gasteiger partial charge in [-0.3, -0.25) is 0 Å². The minimum absolute atomic E-state index is 0.0260. The molecule has 1 rings (SSSR count). The van der Waals surface area contributed by atoms with Crippen molar-refractivity contribution in [1.82, 2.24) is 0 Å². The highest BCUT2D eigenvalue weighted by Gasteiger charge is 2.12. The van der Waals surface area contributed by atoms with Crippen LogP contribution in [0.2, 0.25) is 0 Å². The molecule has 1 atom stereocenters. The number of aliphatic hydroxyl groups excluding tert-OH is 1. The molecule has 0 saturated carbocycles. The van der Waals surface area contributed by atoms with Crippen LogP contribution in [-0.2, 0) is 0 Å². The van der Waals surface area contributed by atoms with Crippen molar-refractivity contribution in [2.75, 3.05) is 24.6 Å². The average molecular weight is 254 g/mol. The van der Waals surface area contributed by atoms with Crippen molar-refractivity contribution in [1.29, 1.82) is 0 Å². The van der Waals surface area contributed by atoms with Crippen molar-refractivity contribution in [3.05, 3.63) is 29.6 Å². The van der Waals surface area contributed by atoms with Crippen molar-refractivity contribution in [3.63, 3.8) is 0 Å². The molecule has 1 unspecified atom stereocenters. The van der Waals surface area contributed by atoms with E-state index in [9.17, 15) is 4.39 Å². The molecule has 1 aromatic rings. The Kier molecular flexibility index (Phi) is 6.09. The lowest BCUT2D eigenvalue weighted by molar-refractivity contribution is 0.301. The van der Waals surface area contributed by atoms with Gasteiger partial charge in [0.05, 0.1) is 12.3 Å². The molecular formula is C14H23FN2O. The fourth-order valence-corrected chi connectivity index (χ4v) is 1.89. The predicted molar refractivity (Wildman–Crippen MR) is 73.2 cm³/mol. The van der Waals surface area contributed by atoms with E-state index in [1.165, 1.54) is 6.07 Å². The van der Waals surface area contributed by atoms with Crippen molar-refractivity contribution in [2.45, 2.75) is 32.7 Å². The van der Waals surface area contributed by atoms with E-state index in [0.29, 0.717) is 12.2 Å². The highest BCUT2D eigenvalue weighted by Crippen LogP contribution is 2.23. The van der Waals surface area contributed by atoms with E-state index in [1.807, 2.05) is 17.9 Å². The van der Waals surface area contributed by atoms with Crippen LogP contribution in [0.5, 0.6) is 0 Å². The molecule has 0 aliphatic heterocycles. The summed E-state index contributed by atoms with van der Waals surface area (Å²) in [4.78, 5) is 1.88. The van der Waals surface area contributed by atoms with Gasteiger partial charge in [-0.1, -0.05) is 19.4 Å². The number of aliphatic hydroxyl groups is 1. The monoisotopic (exact) mass is 254 g/mol. The molecule has 0 aliphatic carbocycles. The third kappa shape index (κ3) is 3.96. The fraction of sp³-hybridized carbons (Fsp3) is 0.571. The second kappa shape index (κ2) is 7.34. The van der Waals surface area contributed by atoms with Gasteiger partial charge < -0.3 is 15.7 Å². The SMILES string of the molecule is CCCCN(CCO)c1ccc(C(C)N)cc1F. The second-order valence-corrected chi connectivity index (χ2v) is 4.56. The van der Waals surface area contributed by atoms with Gasteiger partial charge in [0.15, 0.2) is 0 Å². The molecule has 0 radical (unpaired) electrons. The van der Waals surface area contributed by atoms with Gasteiger partial charge in [0.1, 0.15) is 5.82 Å². The summed E-state index contributed by atoms with van der Waals surface area (Å²) in [5, 5.41) is 9.05. The number of nitrogens with zero attached hydrogens (tertiary/aromatic N) is 1. The minimum Gasteiger partial charge on any atom is -0.395 e. The molecule has 18 heavy (non-hydrogen) atoms. The molecule has 0 spiro atoms. The Labute approximate surface area is 108 Å². The van der Waals surface area contributed by atoms with E-state index in [4.69, 9.17) is 10.8 Å². The maximum atomic E-state index is 14.0. The summed E-state index contributed by atoms with van der Waals surface area (Å²) in [5.41, 5.74) is 7.06. The van der Waals surface area contributed by atoms with Gasteiger partial charge >= 0.3 is 0 Å². The zero-order chi connectivity index (χ0) is 13.5. The maximum absolute atomic E-state index is 14.0. The number of benzene rings is 1. The lowest BCUT2D eigenvalue weighted by Gasteiger charge is -2.24. The van der Waals surface area contributed by atoms with Crippen LogP contribution in [0.3, 0.4) is 0 Å². The summed E-state index contributed by atoms with van der Waals surface area (Å²) < 4.78 is 14.0. The molecule has 3 N–H and O–H groups in total. The Hall–Kier alpha value is -1.13. The Morgan fingerprint density at radius 2 is 2.11 bits per heavy atom. The van der Waals surface area contributed by atoms with Crippen molar-refractivity contribution >= 4 is 5.69 Å². The summed E-state index contributed by atoms with van der Waals surface area (Å²) in [5.74, 6) is -0.269. The van der Waals surface area contributed by atoms with Gasteiger partial charge in [0.2, 0.25) is 0 Å². The maximum Gasteiger partial charge on any atom is 0.146 e. The minimum atomic E-state index is -0.269. The first-order valence-corrected chi connectivity index (χ1v) is 6.51. The molecule has 4 heteroatoms. The van der Waals surface area contributed by atoms with E-state index < -0.39 is 0 Å². The fourth-order valence-electron chi connectivity index (χ4n) is 1.89. The van der Waals surface area contributed by atoms with Crippen molar-refractivity contribution in [3.8, 4) is 0 Å². The van der Waals surface area contributed by atoms with Crippen LogP contribution in [-0.4, -0.2) is 24.8 Å². The molecule has 1 aromatic carbocycles. The van der Waals surface area contributed by atoms with Crippen molar-refractivity contribution in [2.24, 2.45) is 5.73 Å². The summed E-state index contributed by atoms with van der Waals surface area (Å²) in [7, 11) is 0. The first-order valence-electron chi connectivity index (χ1n) is 6.51. The highest BCUT2D eigenvalue weighted by atomic mass is 19.1. The molecule has 0 aromatic heterocycles. The molecular weight excluding hydrogens is 231 g/mol. The topological polar surface area (TPSA) is 49.5 Å². The van der Waals surface area contributed by atoms with Crippen LogP contribution in [0.4, 0.5) is 10.1 Å². The smallest absolute Gasteiger partial charge is 0.146 e. The van der Waals surface area contributed by atoms with Gasteiger partial charge in [-0.25, -0.2) is 4.39 Å². The molecule has 0 saturated heterocycles. The second-order valence-electron chi connectivity index (χ2n) is 4.56. The van der Waals surface area contributed by atoms with Gasteiger partial charge in [0.25, 0.3) is 0 Å². The largest absolute Gasteiger partial charge is 0.395 e. The van der Waals surface area contributed by atoms with E-state index in [2.05, 4.69) is 6.92 Å². The zero-order valence-electron chi connectivity index (χ0n) is 11.2. The Balaban J connectivity index is 2.90. The summed E-state index contributed by atoms with van der Waals surface area (Å²) in [6, 6.07) is 4.91. The number of rotatable bonds is 7. The van der Waals surface area contributed by atoms with Gasteiger partial charge in [0, 0.05) is 19.1 Å². The summed E-state index contributed by atoms with van der Waals surface area (Å²) >= 11 is 0. The number of hydrogen-bond donors (Lipinski definition) is 2. The number of anilines is 1. The summed E-state index contributed by atoms with van der Waals surface area (Å²) in [6.45, 7) is 5.15. The van der Waals surface area contributed by atoms with E-state index in [-0.39, 0.29) is 18.5 Å². The van der Waals surface area contributed by atoms with Crippen LogP contribution in [0.25, 0.3) is 0 Å². The van der Waals surface area contributed by atoms with E-state index in [1.54, 1.807) is 6.07 Å². The van der Waals surface area contributed by atoms with E-state index >= 15 is 0 Å². The first kappa shape index (κ1) is 14.9.